The second-order valence-corrected chi connectivity index (χ2v) is 7.23. The van der Waals surface area contributed by atoms with Crippen molar-refractivity contribution in [2.75, 3.05) is 10.0 Å². The summed E-state index contributed by atoms with van der Waals surface area (Å²) >= 11 is 1.09. The first-order valence-corrected chi connectivity index (χ1v) is 8.98. The fourth-order valence-electron chi connectivity index (χ4n) is 1.89. The Morgan fingerprint density at radius 1 is 1.08 bits per heavy atom. The maximum absolute atomic E-state index is 13.0. The van der Waals surface area contributed by atoms with Gasteiger partial charge in [0.25, 0.3) is 10.0 Å². The Balaban J connectivity index is 2.12. The number of hydrogen-bond acceptors (Lipinski definition) is 8. The standard InChI is InChI=1S/C14H12N6O2S2/c15-10-2-4-11(5-3-10)24(21,22)20(14-19-8-9-23-14)12(16)13-17-6-1-7-18-13/h1-9,16H,15H2. The first kappa shape index (κ1) is 16.0. The molecule has 10 heteroatoms. The van der Waals surface area contributed by atoms with Crippen LogP contribution in [0.15, 0.2) is 59.2 Å². The van der Waals surface area contributed by atoms with Crippen LogP contribution in [-0.4, -0.2) is 29.2 Å². The van der Waals surface area contributed by atoms with Gasteiger partial charge in [-0.1, -0.05) is 0 Å². The second kappa shape index (κ2) is 6.34. The first-order valence-electron chi connectivity index (χ1n) is 6.66. The number of rotatable bonds is 4. The van der Waals surface area contributed by atoms with Gasteiger partial charge in [-0.15, -0.1) is 11.3 Å². The molecule has 0 spiro atoms. The third-order valence-corrected chi connectivity index (χ3v) is 5.57. The van der Waals surface area contributed by atoms with Crippen molar-refractivity contribution in [3.05, 3.63) is 60.1 Å². The summed E-state index contributed by atoms with van der Waals surface area (Å²) in [4.78, 5) is 11.9. The number of aromatic nitrogens is 3. The summed E-state index contributed by atoms with van der Waals surface area (Å²) in [5, 5.41) is 10.0. The molecule has 122 valence electrons. The molecule has 3 N–H and O–H groups in total. The molecule has 3 aromatic rings. The number of nitrogens with one attached hydrogen (secondary N) is 1. The summed E-state index contributed by atoms with van der Waals surface area (Å²) in [6, 6.07) is 7.30. The lowest BCUT2D eigenvalue weighted by atomic mass is 10.3. The van der Waals surface area contributed by atoms with E-state index in [-0.39, 0.29) is 21.7 Å². The molecule has 0 saturated carbocycles. The van der Waals surface area contributed by atoms with Gasteiger partial charge in [0.2, 0.25) is 5.13 Å². The molecule has 0 amide bonds. The molecule has 0 aliphatic rings. The van der Waals surface area contributed by atoms with Crippen LogP contribution >= 0.6 is 11.3 Å². The van der Waals surface area contributed by atoms with Gasteiger partial charge in [0.1, 0.15) is 0 Å². The van der Waals surface area contributed by atoms with E-state index in [9.17, 15) is 8.42 Å². The molecule has 0 radical (unpaired) electrons. The Bertz CT molecular complexity index is 941. The zero-order valence-electron chi connectivity index (χ0n) is 12.2. The van der Waals surface area contributed by atoms with Crippen molar-refractivity contribution in [1.29, 1.82) is 5.41 Å². The van der Waals surface area contributed by atoms with Gasteiger partial charge in [-0.25, -0.2) is 23.4 Å². The molecule has 8 nitrogen and oxygen atoms in total. The summed E-state index contributed by atoms with van der Waals surface area (Å²) in [5.74, 6) is -0.408. The summed E-state index contributed by atoms with van der Waals surface area (Å²) in [6.07, 6.45) is 4.34. The van der Waals surface area contributed by atoms with E-state index in [1.54, 1.807) is 11.4 Å². The molecule has 24 heavy (non-hydrogen) atoms. The molecule has 0 saturated heterocycles. The quantitative estimate of drug-likeness (QED) is 0.414. The van der Waals surface area contributed by atoms with Gasteiger partial charge >= 0.3 is 0 Å². The van der Waals surface area contributed by atoms with E-state index >= 15 is 0 Å². The fourth-order valence-corrected chi connectivity index (χ4v) is 4.13. The lowest BCUT2D eigenvalue weighted by Gasteiger charge is -2.21. The van der Waals surface area contributed by atoms with Crippen LogP contribution in [0.1, 0.15) is 5.82 Å². The van der Waals surface area contributed by atoms with E-state index in [0.29, 0.717) is 5.69 Å². The Labute approximate surface area is 142 Å². The van der Waals surface area contributed by atoms with Crippen molar-refractivity contribution in [3.63, 3.8) is 0 Å². The van der Waals surface area contributed by atoms with Gasteiger partial charge in [0.15, 0.2) is 11.7 Å². The molecule has 0 atom stereocenters. The highest BCUT2D eigenvalue weighted by Gasteiger charge is 2.32. The fraction of sp³-hybridized carbons (Fsp3) is 0. The number of amidine groups is 1. The number of thiazole rings is 1. The number of anilines is 2. The van der Waals surface area contributed by atoms with Crippen LogP contribution < -0.4 is 10.0 Å². The summed E-state index contributed by atoms with van der Waals surface area (Å²) in [6.45, 7) is 0. The number of benzene rings is 1. The highest BCUT2D eigenvalue weighted by Crippen LogP contribution is 2.27. The van der Waals surface area contributed by atoms with E-state index in [1.165, 1.54) is 42.9 Å². The van der Waals surface area contributed by atoms with Crippen molar-refractivity contribution in [2.24, 2.45) is 0 Å². The maximum atomic E-state index is 13.0. The molecular weight excluding hydrogens is 348 g/mol. The predicted octanol–water partition coefficient (Wildman–Crippen LogP) is 1.74. The molecule has 0 unspecified atom stereocenters. The molecular formula is C14H12N6O2S2. The van der Waals surface area contributed by atoms with E-state index in [0.717, 1.165) is 15.6 Å². The first-order chi connectivity index (χ1) is 11.5. The zero-order chi connectivity index (χ0) is 17.2. The number of hydrogen-bond donors (Lipinski definition) is 2. The number of nitrogen functional groups attached to an aromatic ring is 1. The predicted molar refractivity (Wildman–Crippen MR) is 91.5 cm³/mol. The molecule has 1 aromatic carbocycles. The lowest BCUT2D eigenvalue weighted by Crippen LogP contribution is -2.38. The van der Waals surface area contributed by atoms with Gasteiger partial charge in [0, 0.05) is 29.7 Å². The molecule has 3 rings (SSSR count). The average Bonchev–Trinajstić information content (AvgIpc) is 3.10. The van der Waals surface area contributed by atoms with E-state index < -0.39 is 10.0 Å². The van der Waals surface area contributed by atoms with E-state index in [1.807, 2.05) is 0 Å². The van der Waals surface area contributed by atoms with Crippen LogP contribution in [0.4, 0.5) is 10.8 Å². The van der Waals surface area contributed by atoms with Crippen LogP contribution in [0.25, 0.3) is 0 Å². The summed E-state index contributed by atoms with van der Waals surface area (Å²) in [7, 11) is -4.07. The molecule has 0 bridgehead atoms. The maximum Gasteiger partial charge on any atom is 0.271 e. The van der Waals surface area contributed by atoms with Crippen molar-refractivity contribution in [2.45, 2.75) is 4.90 Å². The SMILES string of the molecule is N=C(c1ncccn1)N(c1nccs1)S(=O)(=O)c1ccc(N)cc1. The Kier molecular flexibility index (Phi) is 4.23. The smallest absolute Gasteiger partial charge is 0.271 e. The van der Waals surface area contributed by atoms with Crippen LogP contribution in [0, 0.1) is 5.41 Å². The van der Waals surface area contributed by atoms with Crippen LogP contribution in [0.3, 0.4) is 0 Å². The minimum Gasteiger partial charge on any atom is -0.399 e. The molecule has 0 fully saturated rings. The van der Waals surface area contributed by atoms with Gasteiger partial charge in [-0.05, 0) is 30.3 Å². The third-order valence-electron chi connectivity index (χ3n) is 2.99. The van der Waals surface area contributed by atoms with Crippen molar-refractivity contribution < 1.29 is 8.42 Å². The van der Waals surface area contributed by atoms with Crippen molar-refractivity contribution >= 4 is 38.0 Å². The van der Waals surface area contributed by atoms with Gasteiger partial charge < -0.3 is 5.73 Å². The van der Waals surface area contributed by atoms with Crippen LogP contribution in [0.2, 0.25) is 0 Å². The van der Waals surface area contributed by atoms with E-state index in [4.69, 9.17) is 11.1 Å². The normalized spacial score (nSPS) is 11.2. The van der Waals surface area contributed by atoms with Gasteiger partial charge in [0.05, 0.1) is 4.90 Å². The summed E-state index contributed by atoms with van der Waals surface area (Å²) < 4.78 is 26.8. The highest BCUT2D eigenvalue weighted by molar-refractivity contribution is 7.93. The molecule has 2 aromatic heterocycles. The van der Waals surface area contributed by atoms with Crippen molar-refractivity contribution in [3.8, 4) is 0 Å². The number of nitrogens with zero attached hydrogens (tertiary/aromatic N) is 4. The van der Waals surface area contributed by atoms with Crippen molar-refractivity contribution in [1.82, 2.24) is 15.0 Å². The highest BCUT2D eigenvalue weighted by atomic mass is 32.2. The zero-order valence-corrected chi connectivity index (χ0v) is 13.8. The third kappa shape index (κ3) is 2.96. The van der Waals surface area contributed by atoms with Crippen LogP contribution in [-0.2, 0) is 10.0 Å². The average molecular weight is 360 g/mol. The largest absolute Gasteiger partial charge is 0.399 e. The number of nitrogens with two attached hydrogens (primary N) is 1. The lowest BCUT2D eigenvalue weighted by molar-refractivity contribution is 0.597. The monoisotopic (exact) mass is 360 g/mol. The van der Waals surface area contributed by atoms with Crippen LogP contribution in [0.5, 0.6) is 0 Å². The van der Waals surface area contributed by atoms with Gasteiger partial charge in [-0.2, -0.15) is 4.31 Å². The second-order valence-electron chi connectivity index (χ2n) is 4.57. The Morgan fingerprint density at radius 2 is 1.75 bits per heavy atom. The minimum absolute atomic E-state index is 0.00687. The Morgan fingerprint density at radius 3 is 2.33 bits per heavy atom. The molecule has 0 aliphatic carbocycles. The topological polar surface area (TPSA) is 126 Å². The summed E-state index contributed by atoms with van der Waals surface area (Å²) in [5.41, 5.74) is 6.05. The Hall–Kier alpha value is -2.85. The minimum atomic E-state index is -4.07. The van der Waals surface area contributed by atoms with Gasteiger partial charge in [-0.3, -0.25) is 5.41 Å². The van der Waals surface area contributed by atoms with E-state index in [2.05, 4.69) is 15.0 Å². The molecule has 2 heterocycles. The number of sulfonamides is 1. The molecule has 0 aliphatic heterocycles.